The molecule has 2 rings (SSSR count). The number of alkyl halides is 3. The molecule has 0 amide bonds. The zero-order valence-corrected chi connectivity index (χ0v) is 9.63. The Hall–Kier alpha value is -0.990. The fourth-order valence-electron chi connectivity index (χ4n) is 2.58. The first-order chi connectivity index (χ1) is 7.98. The molecule has 0 nitrogen and oxygen atoms in total. The molecule has 1 aliphatic carbocycles. The van der Waals surface area contributed by atoms with Crippen LogP contribution in [0.1, 0.15) is 42.7 Å². The van der Waals surface area contributed by atoms with Crippen molar-refractivity contribution in [1.29, 1.82) is 0 Å². The Morgan fingerprint density at radius 1 is 1.00 bits per heavy atom. The van der Waals surface area contributed by atoms with E-state index in [0.29, 0.717) is 11.5 Å². The largest absolute Gasteiger partial charge is 0.416 e. The van der Waals surface area contributed by atoms with Crippen molar-refractivity contribution in [3.8, 4) is 0 Å². The van der Waals surface area contributed by atoms with Gasteiger partial charge in [-0.3, -0.25) is 0 Å². The van der Waals surface area contributed by atoms with E-state index in [4.69, 9.17) is 0 Å². The van der Waals surface area contributed by atoms with Gasteiger partial charge in [0.15, 0.2) is 0 Å². The average molecular weight is 241 g/mol. The fraction of sp³-hybridized carbons (Fsp3) is 0.500. The molecule has 0 aromatic heterocycles. The average Bonchev–Trinajstić information content (AvgIpc) is 2.29. The normalized spacial score (nSPS) is 25.9. The van der Waals surface area contributed by atoms with Gasteiger partial charge in [-0.25, -0.2) is 0 Å². The van der Waals surface area contributed by atoms with Gasteiger partial charge in [-0.2, -0.15) is 13.2 Å². The van der Waals surface area contributed by atoms with E-state index in [1.54, 1.807) is 12.1 Å². The van der Waals surface area contributed by atoms with Crippen LogP contribution in [0.5, 0.6) is 0 Å². The van der Waals surface area contributed by atoms with Gasteiger partial charge in [-0.15, -0.1) is 0 Å². The molecule has 0 heterocycles. The minimum Gasteiger partial charge on any atom is -0.166 e. The number of rotatable bonds is 1. The van der Waals surface area contributed by atoms with E-state index in [-0.39, 0.29) is 5.92 Å². The van der Waals surface area contributed by atoms with Crippen LogP contribution in [0.25, 0.3) is 0 Å². The van der Waals surface area contributed by atoms with Crippen molar-refractivity contribution in [1.82, 2.24) is 0 Å². The van der Waals surface area contributed by atoms with Gasteiger partial charge in [0.25, 0.3) is 0 Å². The van der Waals surface area contributed by atoms with E-state index < -0.39 is 11.7 Å². The fourth-order valence-corrected chi connectivity index (χ4v) is 2.58. The lowest BCUT2D eigenvalue weighted by Gasteiger charge is -2.28. The van der Waals surface area contributed by atoms with Crippen molar-refractivity contribution in [2.24, 2.45) is 5.92 Å². The highest BCUT2D eigenvalue weighted by Gasteiger charge is 2.35. The topological polar surface area (TPSA) is 0 Å². The van der Waals surface area contributed by atoms with Gasteiger partial charge in [0.2, 0.25) is 0 Å². The second-order valence-electron chi connectivity index (χ2n) is 4.80. The van der Waals surface area contributed by atoms with Gasteiger partial charge in [-0.05, 0) is 49.1 Å². The maximum Gasteiger partial charge on any atom is 0.416 e. The minimum absolute atomic E-state index is 0.0471. The third kappa shape index (κ3) is 2.82. The first kappa shape index (κ1) is 12.5. The number of benzene rings is 1. The van der Waals surface area contributed by atoms with Crippen molar-refractivity contribution >= 4 is 0 Å². The maximum absolute atomic E-state index is 12.9. The van der Waals surface area contributed by atoms with Crippen LogP contribution >= 0.6 is 0 Å². The van der Waals surface area contributed by atoms with Crippen LogP contribution in [0.15, 0.2) is 24.3 Å². The van der Waals surface area contributed by atoms with E-state index in [1.165, 1.54) is 12.1 Å². The molecule has 3 heteroatoms. The van der Waals surface area contributed by atoms with Gasteiger partial charge >= 0.3 is 6.18 Å². The Labute approximate surface area is 99.8 Å². The lowest BCUT2D eigenvalue weighted by atomic mass is 9.78. The molecule has 0 unspecified atom stereocenters. The molecule has 1 radical (unpaired) electrons. The summed E-state index contributed by atoms with van der Waals surface area (Å²) in [6, 6.07) is 5.96. The maximum atomic E-state index is 12.9. The summed E-state index contributed by atoms with van der Waals surface area (Å²) >= 11 is 0. The molecule has 93 valence electrons. The Bertz CT molecular complexity index is 373. The number of hydrogen-bond donors (Lipinski definition) is 0. The lowest BCUT2D eigenvalue weighted by Crippen LogP contribution is -2.16. The standard InChI is InChI=1S/C14H16F3/c1-10-6-8-11(9-7-10)12-4-2-3-5-13(12)14(15,16)17/h2-5,10-11H,1,6-9H2. The molecule has 0 spiro atoms. The SMILES string of the molecule is [CH2]C1CCC(c2ccccc2C(F)(F)F)CC1. The summed E-state index contributed by atoms with van der Waals surface area (Å²) < 4.78 is 38.6. The molecular formula is C14H16F3. The molecule has 1 aliphatic rings. The highest BCUT2D eigenvalue weighted by atomic mass is 19.4. The van der Waals surface area contributed by atoms with Gasteiger partial charge in [-0.1, -0.05) is 25.1 Å². The van der Waals surface area contributed by atoms with Gasteiger partial charge < -0.3 is 0 Å². The smallest absolute Gasteiger partial charge is 0.166 e. The van der Waals surface area contributed by atoms with E-state index >= 15 is 0 Å². The Morgan fingerprint density at radius 3 is 2.18 bits per heavy atom. The van der Waals surface area contributed by atoms with Crippen LogP contribution in [-0.2, 0) is 6.18 Å². The summed E-state index contributed by atoms with van der Waals surface area (Å²) in [5.74, 6) is 0.454. The summed E-state index contributed by atoms with van der Waals surface area (Å²) in [5.41, 5.74) is -0.000544. The highest BCUT2D eigenvalue weighted by Crippen LogP contribution is 2.41. The first-order valence-electron chi connectivity index (χ1n) is 5.97. The lowest BCUT2D eigenvalue weighted by molar-refractivity contribution is -0.138. The Kier molecular flexibility index (Phi) is 3.45. The van der Waals surface area contributed by atoms with Crippen molar-refractivity contribution in [2.45, 2.75) is 37.8 Å². The number of hydrogen-bond acceptors (Lipinski definition) is 0. The van der Waals surface area contributed by atoms with E-state index in [0.717, 1.165) is 25.7 Å². The zero-order valence-electron chi connectivity index (χ0n) is 9.63. The molecule has 0 bridgehead atoms. The van der Waals surface area contributed by atoms with Crippen molar-refractivity contribution in [3.05, 3.63) is 42.3 Å². The summed E-state index contributed by atoms with van der Waals surface area (Å²) in [6.07, 6.45) is -0.742. The summed E-state index contributed by atoms with van der Waals surface area (Å²) in [5, 5.41) is 0. The molecular weight excluding hydrogens is 225 g/mol. The third-order valence-corrected chi connectivity index (χ3v) is 3.55. The van der Waals surface area contributed by atoms with E-state index in [2.05, 4.69) is 6.92 Å². The Balaban J connectivity index is 2.26. The van der Waals surface area contributed by atoms with Gasteiger partial charge in [0.05, 0.1) is 5.56 Å². The molecule has 0 saturated heterocycles. The van der Waals surface area contributed by atoms with Crippen molar-refractivity contribution in [2.75, 3.05) is 0 Å². The predicted octanol–water partition coefficient (Wildman–Crippen LogP) is 4.81. The van der Waals surface area contributed by atoms with Crippen molar-refractivity contribution in [3.63, 3.8) is 0 Å². The van der Waals surface area contributed by atoms with Crippen LogP contribution in [0.4, 0.5) is 13.2 Å². The zero-order chi connectivity index (χ0) is 12.5. The third-order valence-electron chi connectivity index (χ3n) is 3.55. The van der Waals surface area contributed by atoms with E-state index in [9.17, 15) is 13.2 Å². The Morgan fingerprint density at radius 2 is 1.59 bits per heavy atom. The molecule has 1 aromatic rings. The number of halogens is 3. The van der Waals surface area contributed by atoms with Gasteiger partial charge in [0, 0.05) is 0 Å². The van der Waals surface area contributed by atoms with Crippen LogP contribution in [0, 0.1) is 12.8 Å². The molecule has 0 N–H and O–H groups in total. The second kappa shape index (κ2) is 4.71. The molecule has 1 aromatic carbocycles. The van der Waals surface area contributed by atoms with Crippen LogP contribution in [0.3, 0.4) is 0 Å². The van der Waals surface area contributed by atoms with Crippen LogP contribution in [0.2, 0.25) is 0 Å². The molecule has 17 heavy (non-hydrogen) atoms. The summed E-state index contributed by atoms with van der Waals surface area (Å²) in [7, 11) is 0. The van der Waals surface area contributed by atoms with Crippen LogP contribution in [-0.4, -0.2) is 0 Å². The molecule has 1 saturated carbocycles. The van der Waals surface area contributed by atoms with E-state index in [1.807, 2.05) is 0 Å². The summed E-state index contributed by atoms with van der Waals surface area (Å²) in [4.78, 5) is 0. The van der Waals surface area contributed by atoms with Crippen molar-refractivity contribution < 1.29 is 13.2 Å². The predicted molar refractivity (Wildman–Crippen MR) is 61.5 cm³/mol. The molecule has 1 fully saturated rings. The summed E-state index contributed by atoms with van der Waals surface area (Å²) in [6.45, 7) is 3.97. The van der Waals surface area contributed by atoms with Gasteiger partial charge in [0.1, 0.15) is 0 Å². The molecule has 0 aliphatic heterocycles. The second-order valence-corrected chi connectivity index (χ2v) is 4.80. The molecule has 0 atom stereocenters. The first-order valence-corrected chi connectivity index (χ1v) is 5.97. The monoisotopic (exact) mass is 241 g/mol. The quantitative estimate of drug-likeness (QED) is 0.661. The highest BCUT2D eigenvalue weighted by molar-refractivity contribution is 5.33. The van der Waals surface area contributed by atoms with Crippen LogP contribution < -0.4 is 0 Å². The minimum atomic E-state index is -4.24.